The first kappa shape index (κ1) is 14.0. The van der Waals surface area contributed by atoms with Crippen LogP contribution < -0.4 is 5.32 Å². The molecule has 0 atom stereocenters. The molecule has 1 amide bonds. The number of benzene rings is 2. The molecule has 22 heavy (non-hydrogen) atoms. The number of anilines is 1. The van der Waals surface area contributed by atoms with E-state index in [1.54, 1.807) is 24.5 Å². The van der Waals surface area contributed by atoms with Crippen LogP contribution in [0, 0.1) is 6.92 Å². The highest BCUT2D eigenvalue weighted by Crippen LogP contribution is 2.29. The lowest BCUT2D eigenvalue weighted by Gasteiger charge is -2.12. The molecule has 0 saturated heterocycles. The number of pyridine rings is 1. The number of hydrogen-bond donors (Lipinski definition) is 1. The maximum atomic E-state index is 12.3. The first-order valence-electron chi connectivity index (χ1n) is 7.11. The van der Waals surface area contributed by atoms with Crippen molar-refractivity contribution in [2.45, 2.75) is 6.92 Å². The normalized spacial score (nSPS) is 10.2. The molecule has 0 radical (unpaired) electrons. The third-order valence-corrected chi connectivity index (χ3v) is 3.43. The van der Waals surface area contributed by atoms with Crippen molar-refractivity contribution >= 4 is 11.6 Å². The van der Waals surface area contributed by atoms with Gasteiger partial charge < -0.3 is 5.32 Å². The fraction of sp³-hybridized carbons (Fsp3) is 0.0526. The minimum atomic E-state index is -0.158. The summed E-state index contributed by atoms with van der Waals surface area (Å²) in [4.78, 5) is 16.3. The summed E-state index contributed by atoms with van der Waals surface area (Å²) < 4.78 is 0. The van der Waals surface area contributed by atoms with E-state index in [1.165, 1.54) is 0 Å². The van der Waals surface area contributed by atoms with E-state index < -0.39 is 0 Å². The minimum absolute atomic E-state index is 0.158. The lowest BCUT2D eigenvalue weighted by Crippen LogP contribution is -2.12. The van der Waals surface area contributed by atoms with Gasteiger partial charge in [-0.15, -0.1) is 0 Å². The Morgan fingerprint density at radius 1 is 1.00 bits per heavy atom. The van der Waals surface area contributed by atoms with Crippen LogP contribution in [-0.4, -0.2) is 10.9 Å². The second-order valence-electron chi connectivity index (χ2n) is 5.11. The number of amides is 1. The minimum Gasteiger partial charge on any atom is -0.321 e. The Morgan fingerprint density at radius 2 is 1.82 bits per heavy atom. The molecule has 1 aromatic heterocycles. The summed E-state index contributed by atoms with van der Waals surface area (Å²) in [6.07, 6.45) is 3.21. The van der Waals surface area contributed by atoms with Gasteiger partial charge in [0.15, 0.2) is 0 Å². The first-order valence-corrected chi connectivity index (χ1v) is 7.11. The van der Waals surface area contributed by atoms with Gasteiger partial charge in [0.1, 0.15) is 0 Å². The number of nitrogens with one attached hydrogen (secondary N) is 1. The van der Waals surface area contributed by atoms with Gasteiger partial charge in [-0.25, -0.2) is 0 Å². The molecular weight excluding hydrogens is 272 g/mol. The van der Waals surface area contributed by atoms with Crippen LogP contribution in [-0.2, 0) is 0 Å². The Hall–Kier alpha value is -2.94. The average molecular weight is 288 g/mol. The van der Waals surface area contributed by atoms with E-state index in [-0.39, 0.29) is 5.91 Å². The summed E-state index contributed by atoms with van der Waals surface area (Å²) in [6, 6.07) is 19.5. The van der Waals surface area contributed by atoms with E-state index in [0.717, 1.165) is 22.4 Å². The smallest absolute Gasteiger partial charge is 0.257 e. The fourth-order valence-corrected chi connectivity index (χ4v) is 2.32. The molecule has 0 spiro atoms. The predicted octanol–water partition coefficient (Wildman–Crippen LogP) is 4.31. The highest BCUT2D eigenvalue weighted by atomic mass is 16.1. The molecule has 0 bridgehead atoms. The number of carbonyl (C=O) groups excluding carboxylic acids is 1. The zero-order valence-corrected chi connectivity index (χ0v) is 12.3. The maximum absolute atomic E-state index is 12.3. The summed E-state index contributed by atoms with van der Waals surface area (Å²) >= 11 is 0. The Balaban J connectivity index is 1.96. The van der Waals surface area contributed by atoms with Crippen molar-refractivity contribution < 1.29 is 4.79 Å². The van der Waals surface area contributed by atoms with Crippen molar-refractivity contribution in [2.24, 2.45) is 0 Å². The van der Waals surface area contributed by atoms with Gasteiger partial charge in [0.2, 0.25) is 0 Å². The monoisotopic (exact) mass is 288 g/mol. The van der Waals surface area contributed by atoms with Crippen LogP contribution in [0.2, 0.25) is 0 Å². The zero-order chi connectivity index (χ0) is 15.4. The van der Waals surface area contributed by atoms with Crippen LogP contribution in [0.1, 0.15) is 15.9 Å². The quantitative estimate of drug-likeness (QED) is 0.780. The molecule has 3 nitrogen and oxygen atoms in total. The van der Waals surface area contributed by atoms with E-state index in [0.29, 0.717) is 5.56 Å². The van der Waals surface area contributed by atoms with Gasteiger partial charge in [-0.3, -0.25) is 9.78 Å². The molecule has 108 valence electrons. The van der Waals surface area contributed by atoms with Crippen molar-refractivity contribution in [1.29, 1.82) is 0 Å². The van der Waals surface area contributed by atoms with Crippen LogP contribution in [0.4, 0.5) is 5.69 Å². The molecule has 2 aromatic carbocycles. The van der Waals surface area contributed by atoms with Crippen LogP contribution in [0.15, 0.2) is 73.1 Å². The molecule has 0 aliphatic rings. The van der Waals surface area contributed by atoms with Gasteiger partial charge >= 0.3 is 0 Å². The molecule has 3 rings (SSSR count). The van der Waals surface area contributed by atoms with E-state index in [1.807, 2.05) is 49.4 Å². The van der Waals surface area contributed by atoms with Gasteiger partial charge in [-0.05, 0) is 36.8 Å². The van der Waals surface area contributed by atoms with Crippen molar-refractivity contribution in [1.82, 2.24) is 4.98 Å². The van der Waals surface area contributed by atoms with Crippen molar-refractivity contribution in [3.05, 3.63) is 84.2 Å². The molecular formula is C19H16N2O. The number of carbonyl (C=O) groups is 1. The van der Waals surface area contributed by atoms with Gasteiger partial charge in [0, 0.05) is 23.6 Å². The Morgan fingerprint density at radius 3 is 2.55 bits per heavy atom. The largest absolute Gasteiger partial charge is 0.321 e. The SMILES string of the molecule is Cc1ccc(NC(=O)c2cccnc2)c(-c2ccccc2)c1. The molecule has 1 heterocycles. The Labute approximate surface area is 129 Å². The predicted molar refractivity (Wildman–Crippen MR) is 88.8 cm³/mol. The maximum Gasteiger partial charge on any atom is 0.257 e. The Kier molecular flexibility index (Phi) is 3.97. The van der Waals surface area contributed by atoms with Gasteiger partial charge in [0.25, 0.3) is 5.91 Å². The summed E-state index contributed by atoms with van der Waals surface area (Å²) in [5.74, 6) is -0.158. The van der Waals surface area contributed by atoms with Gasteiger partial charge in [-0.1, -0.05) is 42.0 Å². The summed E-state index contributed by atoms with van der Waals surface area (Å²) in [5.41, 5.74) is 4.58. The number of aryl methyl sites for hydroxylation is 1. The van der Waals surface area contributed by atoms with Gasteiger partial charge in [-0.2, -0.15) is 0 Å². The third-order valence-electron chi connectivity index (χ3n) is 3.43. The van der Waals surface area contributed by atoms with Crippen LogP contribution >= 0.6 is 0 Å². The second-order valence-corrected chi connectivity index (χ2v) is 5.11. The van der Waals surface area contributed by atoms with E-state index >= 15 is 0 Å². The highest BCUT2D eigenvalue weighted by molar-refractivity contribution is 6.06. The molecule has 0 aliphatic heterocycles. The van der Waals surface area contributed by atoms with Crippen molar-refractivity contribution in [3.63, 3.8) is 0 Å². The Bertz CT molecular complexity index is 783. The number of aromatic nitrogens is 1. The van der Waals surface area contributed by atoms with E-state index in [9.17, 15) is 4.79 Å². The third kappa shape index (κ3) is 3.04. The van der Waals surface area contributed by atoms with E-state index in [4.69, 9.17) is 0 Å². The molecule has 0 saturated carbocycles. The standard InChI is InChI=1S/C19H16N2O/c1-14-9-10-18(17(12-14)15-6-3-2-4-7-15)21-19(22)16-8-5-11-20-13-16/h2-13H,1H3,(H,21,22). The second kappa shape index (κ2) is 6.22. The number of rotatable bonds is 3. The average Bonchev–Trinajstić information content (AvgIpc) is 2.58. The van der Waals surface area contributed by atoms with Crippen molar-refractivity contribution in [2.75, 3.05) is 5.32 Å². The lowest BCUT2D eigenvalue weighted by atomic mass is 10.0. The van der Waals surface area contributed by atoms with Crippen LogP contribution in [0.25, 0.3) is 11.1 Å². The van der Waals surface area contributed by atoms with E-state index in [2.05, 4.69) is 16.4 Å². The topological polar surface area (TPSA) is 42.0 Å². The molecule has 3 aromatic rings. The van der Waals surface area contributed by atoms with Crippen LogP contribution in [0.5, 0.6) is 0 Å². The van der Waals surface area contributed by atoms with Gasteiger partial charge in [0.05, 0.1) is 5.56 Å². The number of nitrogens with zero attached hydrogens (tertiary/aromatic N) is 1. The van der Waals surface area contributed by atoms with Crippen molar-refractivity contribution in [3.8, 4) is 11.1 Å². The summed E-state index contributed by atoms with van der Waals surface area (Å²) in [6.45, 7) is 2.04. The molecule has 1 N–H and O–H groups in total. The lowest BCUT2D eigenvalue weighted by molar-refractivity contribution is 0.102. The zero-order valence-electron chi connectivity index (χ0n) is 12.3. The highest BCUT2D eigenvalue weighted by Gasteiger charge is 2.10. The summed E-state index contributed by atoms with van der Waals surface area (Å²) in [5, 5.41) is 2.97. The molecule has 3 heteroatoms. The number of hydrogen-bond acceptors (Lipinski definition) is 2. The molecule has 0 unspecified atom stereocenters. The fourth-order valence-electron chi connectivity index (χ4n) is 2.32. The first-order chi connectivity index (χ1) is 10.7. The molecule has 0 aliphatic carbocycles. The molecule has 0 fully saturated rings. The van der Waals surface area contributed by atoms with Crippen LogP contribution in [0.3, 0.4) is 0 Å². The summed E-state index contributed by atoms with van der Waals surface area (Å²) in [7, 11) is 0.